The number of aliphatic carboxylic acids is 1. The van der Waals surface area contributed by atoms with E-state index in [2.05, 4.69) is 18.7 Å². The Hall–Kier alpha value is -0.570. The predicted molar refractivity (Wildman–Crippen MR) is 58.4 cm³/mol. The summed E-state index contributed by atoms with van der Waals surface area (Å²) >= 11 is 0. The molecule has 0 bridgehead atoms. The van der Waals surface area contributed by atoms with Gasteiger partial charge in [-0.3, -0.25) is 4.79 Å². The molecule has 1 N–H and O–H groups in total. The van der Waals surface area contributed by atoms with Crippen molar-refractivity contribution in [1.29, 1.82) is 0 Å². The Morgan fingerprint density at radius 2 is 1.79 bits per heavy atom. The van der Waals surface area contributed by atoms with Gasteiger partial charge in [-0.15, -0.1) is 0 Å². The molecule has 0 fully saturated rings. The van der Waals surface area contributed by atoms with Gasteiger partial charge in [-0.1, -0.05) is 20.8 Å². The largest absolute Gasteiger partial charge is 0.481 e. The lowest BCUT2D eigenvalue weighted by Gasteiger charge is -2.23. The maximum absolute atomic E-state index is 10.5. The third-order valence-electron chi connectivity index (χ3n) is 2.17. The summed E-state index contributed by atoms with van der Waals surface area (Å²) in [5.74, 6) is -0.434. The molecule has 14 heavy (non-hydrogen) atoms. The number of carboxylic acids is 1. The highest BCUT2D eigenvalue weighted by molar-refractivity contribution is 5.66. The molecule has 0 aromatic heterocycles. The van der Waals surface area contributed by atoms with Crippen molar-refractivity contribution in [3.8, 4) is 0 Å². The number of nitrogens with zero attached hydrogens (tertiary/aromatic N) is 1. The Bertz CT molecular complexity index is 153. The molecule has 0 aromatic carbocycles. The summed E-state index contributed by atoms with van der Waals surface area (Å²) in [4.78, 5) is 12.8. The third kappa shape index (κ3) is 6.89. The van der Waals surface area contributed by atoms with Crippen molar-refractivity contribution in [2.75, 3.05) is 19.6 Å². The van der Waals surface area contributed by atoms with Gasteiger partial charge >= 0.3 is 5.97 Å². The molecule has 3 nitrogen and oxygen atoms in total. The molecule has 84 valence electrons. The van der Waals surface area contributed by atoms with Gasteiger partial charge in [0.05, 0.1) is 0 Å². The van der Waals surface area contributed by atoms with E-state index in [9.17, 15) is 4.79 Å². The molecular formula is C11H23NO2. The average molecular weight is 201 g/mol. The molecule has 0 rings (SSSR count). The van der Waals surface area contributed by atoms with E-state index in [1.165, 1.54) is 0 Å². The second-order valence-corrected chi connectivity index (χ2v) is 4.00. The Morgan fingerprint density at radius 1 is 1.29 bits per heavy atom. The molecule has 1 atom stereocenters. The molecule has 0 radical (unpaired) electrons. The summed E-state index contributed by atoms with van der Waals surface area (Å²) < 4.78 is 0. The fourth-order valence-electron chi connectivity index (χ4n) is 1.73. The minimum absolute atomic E-state index is 0.255. The number of carboxylic acid groups (broad SMARTS) is 1. The van der Waals surface area contributed by atoms with Gasteiger partial charge in [0.1, 0.15) is 0 Å². The molecule has 0 saturated carbocycles. The van der Waals surface area contributed by atoms with E-state index < -0.39 is 5.97 Å². The minimum atomic E-state index is -0.689. The van der Waals surface area contributed by atoms with Crippen molar-refractivity contribution < 1.29 is 9.90 Å². The number of hydrogen-bond acceptors (Lipinski definition) is 2. The van der Waals surface area contributed by atoms with E-state index in [4.69, 9.17) is 5.11 Å². The average Bonchev–Trinajstić information content (AvgIpc) is 2.03. The molecule has 0 aliphatic heterocycles. The fourth-order valence-corrected chi connectivity index (χ4v) is 1.73. The van der Waals surface area contributed by atoms with Crippen LogP contribution in [0.25, 0.3) is 0 Å². The second kappa shape index (κ2) is 7.80. The van der Waals surface area contributed by atoms with Gasteiger partial charge < -0.3 is 10.0 Å². The van der Waals surface area contributed by atoms with E-state index in [0.717, 1.165) is 32.5 Å². The van der Waals surface area contributed by atoms with Crippen LogP contribution in [0.2, 0.25) is 0 Å². The minimum Gasteiger partial charge on any atom is -0.481 e. The molecule has 0 aliphatic carbocycles. The van der Waals surface area contributed by atoms with Crippen LogP contribution in [0.5, 0.6) is 0 Å². The lowest BCUT2D eigenvalue weighted by molar-refractivity contribution is -0.138. The first-order chi connectivity index (χ1) is 6.60. The zero-order valence-corrected chi connectivity index (χ0v) is 9.62. The zero-order chi connectivity index (χ0) is 11.0. The van der Waals surface area contributed by atoms with Crippen molar-refractivity contribution in [2.45, 2.75) is 40.0 Å². The van der Waals surface area contributed by atoms with Crippen LogP contribution >= 0.6 is 0 Å². The van der Waals surface area contributed by atoms with Crippen molar-refractivity contribution in [2.24, 2.45) is 5.92 Å². The molecule has 0 saturated heterocycles. The standard InChI is InChI=1S/C11H23NO2/c1-4-6-12(7-5-2)9-10(3)8-11(13)14/h10H,4-9H2,1-3H3,(H,13,14). The Kier molecular flexibility index (Phi) is 7.48. The maximum atomic E-state index is 10.5. The van der Waals surface area contributed by atoms with Crippen LogP contribution in [0.15, 0.2) is 0 Å². The van der Waals surface area contributed by atoms with E-state index in [1.807, 2.05) is 6.92 Å². The molecular weight excluding hydrogens is 178 g/mol. The van der Waals surface area contributed by atoms with Gasteiger partial charge in [0.25, 0.3) is 0 Å². The highest BCUT2D eigenvalue weighted by atomic mass is 16.4. The highest BCUT2D eigenvalue weighted by Gasteiger charge is 2.11. The normalized spacial score (nSPS) is 13.1. The van der Waals surface area contributed by atoms with E-state index in [0.29, 0.717) is 0 Å². The summed E-state index contributed by atoms with van der Waals surface area (Å²) in [5.41, 5.74) is 0. The monoisotopic (exact) mass is 201 g/mol. The lowest BCUT2D eigenvalue weighted by Crippen LogP contribution is -2.31. The first kappa shape index (κ1) is 13.4. The van der Waals surface area contributed by atoms with Gasteiger partial charge in [-0.25, -0.2) is 0 Å². The third-order valence-corrected chi connectivity index (χ3v) is 2.17. The molecule has 1 unspecified atom stereocenters. The molecule has 0 amide bonds. The lowest BCUT2D eigenvalue weighted by atomic mass is 10.1. The van der Waals surface area contributed by atoms with E-state index >= 15 is 0 Å². The summed E-state index contributed by atoms with van der Waals surface area (Å²) in [6.45, 7) is 9.39. The number of carbonyl (C=O) groups is 1. The van der Waals surface area contributed by atoms with E-state index in [1.54, 1.807) is 0 Å². The molecule has 3 heteroatoms. The van der Waals surface area contributed by atoms with Gasteiger partial charge in [0, 0.05) is 13.0 Å². The molecule has 0 aromatic rings. The molecule has 0 heterocycles. The number of hydrogen-bond donors (Lipinski definition) is 1. The fraction of sp³-hybridized carbons (Fsp3) is 0.909. The predicted octanol–water partition coefficient (Wildman–Crippen LogP) is 2.22. The van der Waals surface area contributed by atoms with Gasteiger partial charge in [-0.2, -0.15) is 0 Å². The smallest absolute Gasteiger partial charge is 0.303 e. The second-order valence-electron chi connectivity index (χ2n) is 4.00. The molecule has 0 aliphatic rings. The maximum Gasteiger partial charge on any atom is 0.303 e. The van der Waals surface area contributed by atoms with Gasteiger partial charge in [0.2, 0.25) is 0 Å². The summed E-state index contributed by atoms with van der Waals surface area (Å²) in [5, 5.41) is 8.64. The highest BCUT2D eigenvalue weighted by Crippen LogP contribution is 2.06. The van der Waals surface area contributed by atoms with Crippen molar-refractivity contribution in [3.63, 3.8) is 0 Å². The van der Waals surface area contributed by atoms with Crippen molar-refractivity contribution >= 4 is 5.97 Å². The zero-order valence-electron chi connectivity index (χ0n) is 9.62. The van der Waals surface area contributed by atoms with Crippen LogP contribution in [-0.2, 0) is 4.79 Å². The Labute approximate surface area is 87.1 Å². The summed E-state index contributed by atoms with van der Waals surface area (Å²) in [7, 11) is 0. The van der Waals surface area contributed by atoms with Crippen LogP contribution in [-0.4, -0.2) is 35.6 Å². The quantitative estimate of drug-likeness (QED) is 0.654. The Balaban J connectivity index is 3.81. The topological polar surface area (TPSA) is 40.5 Å². The SMILES string of the molecule is CCCN(CCC)CC(C)CC(=O)O. The van der Waals surface area contributed by atoms with E-state index in [-0.39, 0.29) is 12.3 Å². The van der Waals surface area contributed by atoms with Crippen LogP contribution in [0.3, 0.4) is 0 Å². The van der Waals surface area contributed by atoms with Crippen molar-refractivity contribution in [1.82, 2.24) is 4.90 Å². The van der Waals surface area contributed by atoms with Crippen LogP contribution in [0, 0.1) is 5.92 Å². The summed E-state index contributed by atoms with van der Waals surface area (Å²) in [6, 6.07) is 0. The number of rotatable bonds is 8. The van der Waals surface area contributed by atoms with Crippen molar-refractivity contribution in [3.05, 3.63) is 0 Å². The first-order valence-electron chi connectivity index (χ1n) is 5.54. The van der Waals surface area contributed by atoms with Gasteiger partial charge in [0.15, 0.2) is 0 Å². The molecule has 0 spiro atoms. The van der Waals surface area contributed by atoms with Crippen LogP contribution < -0.4 is 0 Å². The van der Waals surface area contributed by atoms with Crippen LogP contribution in [0.1, 0.15) is 40.0 Å². The van der Waals surface area contributed by atoms with Gasteiger partial charge in [-0.05, 0) is 31.8 Å². The summed E-state index contributed by atoms with van der Waals surface area (Å²) in [6.07, 6.45) is 2.56. The van der Waals surface area contributed by atoms with Crippen LogP contribution in [0.4, 0.5) is 0 Å². The Morgan fingerprint density at radius 3 is 2.14 bits per heavy atom. The first-order valence-corrected chi connectivity index (χ1v) is 5.54.